The van der Waals surface area contributed by atoms with E-state index in [1.54, 1.807) is 6.34 Å². The fraction of sp³-hybridized carbons (Fsp3) is 0.542. The summed E-state index contributed by atoms with van der Waals surface area (Å²) in [4.78, 5) is 26.8. The molecule has 0 bridgehead atoms. The number of carbonyl (C=O) groups excluding carboxylic acids is 1. The third-order valence-electron chi connectivity index (χ3n) is 6.50. The number of aliphatic hydroxyl groups is 1. The second-order valence-corrected chi connectivity index (χ2v) is 9.35. The highest BCUT2D eigenvalue weighted by molar-refractivity contribution is 6.30. The van der Waals surface area contributed by atoms with Crippen molar-refractivity contribution in [3.63, 3.8) is 0 Å². The molecule has 0 saturated carbocycles. The van der Waals surface area contributed by atoms with Crippen molar-refractivity contribution in [2.24, 2.45) is 9.98 Å². The summed E-state index contributed by atoms with van der Waals surface area (Å²) < 4.78 is 0. The number of benzene rings is 1. The molecule has 1 aromatic carbocycles. The smallest absolute Gasteiger partial charge is 0.231 e. The van der Waals surface area contributed by atoms with Crippen LogP contribution in [0.25, 0.3) is 0 Å². The Kier molecular flexibility index (Phi) is 7.40. The molecule has 1 aromatic rings. The molecule has 2 aliphatic heterocycles. The maximum absolute atomic E-state index is 13.5. The van der Waals surface area contributed by atoms with Gasteiger partial charge >= 0.3 is 0 Å². The first kappa shape index (κ1) is 23.1. The van der Waals surface area contributed by atoms with Gasteiger partial charge in [0.05, 0.1) is 12.5 Å². The Morgan fingerprint density at radius 1 is 1.19 bits per heavy atom. The van der Waals surface area contributed by atoms with Gasteiger partial charge in [-0.25, -0.2) is 9.98 Å². The van der Waals surface area contributed by atoms with E-state index >= 15 is 0 Å². The molecule has 1 saturated heterocycles. The Bertz CT molecular complexity index is 917. The van der Waals surface area contributed by atoms with Crippen LogP contribution in [0, 0.1) is 0 Å². The maximum atomic E-state index is 13.5. The van der Waals surface area contributed by atoms with E-state index in [0.717, 1.165) is 48.4 Å². The topological polar surface area (TPSA) is 80.5 Å². The number of fused-ring (bicyclic) bond motifs is 1. The highest BCUT2D eigenvalue weighted by atomic mass is 35.5. The Hall–Kier alpha value is -2.06. The molecule has 0 aromatic heterocycles. The Labute approximate surface area is 194 Å². The summed E-state index contributed by atoms with van der Waals surface area (Å²) in [5.41, 5.74) is 4.17. The summed E-state index contributed by atoms with van der Waals surface area (Å²) in [6.07, 6.45) is 3.28. The van der Waals surface area contributed by atoms with Crippen LogP contribution in [0.2, 0.25) is 5.02 Å². The number of aliphatic hydroxyl groups excluding tert-OH is 1. The van der Waals surface area contributed by atoms with Gasteiger partial charge in [0.1, 0.15) is 12.5 Å². The van der Waals surface area contributed by atoms with E-state index in [4.69, 9.17) is 11.6 Å². The first-order chi connectivity index (χ1) is 15.5. The molecule has 2 atom stereocenters. The minimum absolute atomic E-state index is 0.0600. The van der Waals surface area contributed by atoms with Gasteiger partial charge in [0.25, 0.3) is 0 Å². The van der Waals surface area contributed by atoms with Gasteiger partial charge in [-0.3, -0.25) is 9.69 Å². The van der Waals surface area contributed by atoms with Gasteiger partial charge in [0, 0.05) is 55.1 Å². The number of hydrogen-bond donors (Lipinski definition) is 2. The zero-order valence-electron chi connectivity index (χ0n) is 18.8. The fourth-order valence-corrected chi connectivity index (χ4v) is 4.82. The molecule has 1 aliphatic carbocycles. The summed E-state index contributed by atoms with van der Waals surface area (Å²) in [6.45, 7) is 7.63. The third kappa shape index (κ3) is 4.96. The molecule has 8 heteroatoms. The minimum atomic E-state index is -0.244. The van der Waals surface area contributed by atoms with E-state index in [2.05, 4.69) is 34.0 Å². The lowest BCUT2D eigenvalue weighted by molar-refractivity contribution is -0.134. The summed E-state index contributed by atoms with van der Waals surface area (Å²) in [5.74, 6) is -0.100. The van der Waals surface area contributed by atoms with Crippen molar-refractivity contribution in [1.29, 1.82) is 0 Å². The van der Waals surface area contributed by atoms with Gasteiger partial charge in [0.2, 0.25) is 5.91 Å². The second kappa shape index (κ2) is 10.3. The largest absolute Gasteiger partial charge is 0.392 e. The number of aliphatic imine (C=N–C) groups is 2. The normalized spacial score (nSPS) is 22.3. The Balaban J connectivity index is 1.44. The number of amides is 1. The first-order valence-corrected chi connectivity index (χ1v) is 11.8. The van der Waals surface area contributed by atoms with Crippen LogP contribution in [0.15, 0.2) is 45.4 Å². The van der Waals surface area contributed by atoms with E-state index < -0.39 is 0 Å². The van der Waals surface area contributed by atoms with Crippen molar-refractivity contribution in [3.05, 3.63) is 46.0 Å². The molecule has 172 valence electrons. The molecule has 3 aliphatic rings. The molecule has 2 N–H and O–H groups in total. The van der Waals surface area contributed by atoms with Crippen LogP contribution in [0.4, 0.5) is 0 Å². The van der Waals surface area contributed by atoms with Crippen LogP contribution >= 0.6 is 11.6 Å². The van der Waals surface area contributed by atoms with Gasteiger partial charge in [0.15, 0.2) is 0 Å². The van der Waals surface area contributed by atoms with Gasteiger partial charge in [-0.1, -0.05) is 37.6 Å². The number of rotatable bonds is 7. The zero-order valence-corrected chi connectivity index (χ0v) is 19.6. The van der Waals surface area contributed by atoms with E-state index in [0.29, 0.717) is 30.7 Å². The van der Waals surface area contributed by atoms with Crippen LogP contribution in [0.3, 0.4) is 0 Å². The molecule has 0 spiro atoms. The van der Waals surface area contributed by atoms with E-state index in [1.165, 1.54) is 0 Å². The van der Waals surface area contributed by atoms with Crippen LogP contribution < -0.4 is 5.32 Å². The molecule has 1 fully saturated rings. The van der Waals surface area contributed by atoms with Crippen molar-refractivity contribution >= 4 is 29.6 Å². The fourth-order valence-electron chi connectivity index (χ4n) is 4.69. The summed E-state index contributed by atoms with van der Waals surface area (Å²) >= 11 is 6.07. The van der Waals surface area contributed by atoms with Gasteiger partial charge < -0.3 is 15.3 Å². The molecule has 0 unspecified atom stereocenters. The molecule has 2 heterocycles. The monoisotopic (exact) mass is 457 g/mol. The van der Waals surface area contributed by atoms with Crippen LogP contribution in [0.1, 0.15) is 38.2 Å². The van der Waals surface area contributed by atoms with Crippen molar-refractivity contribution in [3.8, 4) is 0 Å². The number of halogens is 1. The number of nitrogens with zero attached hydrogens (tertiary/aromatic N) is 4. The first-order valence-electron chi connectivity index (χ1n) is 11.4. The number of nitrogens with one attached hydrogen (secondary N) is 1. The Morgan fingerprint density at radius 3 is 2.56 bits per heavy atom. The van der Waals surface area contributed by atoms with Gasteiger partial charge in [-0.05, 0) is 36.1 Å². The highest BCUT2D eigenvalue weighted by Gasteiger charge is 2.36. The van der Waals surface area contributed by atoms with Crippen LogP contribution in [-0.2, 0) is 4.79 Å². The van der Waals surface area contributed by atoms with E-state index in [-0.39, 0.29) is 24.6 Å². The lowest BCUT2D eigenvalue weighted by Crippen LogP contribution is -2.54. The number of piperazine rings is 1. The van der Waals surface area contributed by atoms with Crippen molar-refractivity contribution in [1.82, 2.24) is 15.1 Å². The predicted octanol–water partition coefficient (Wildman–Crippen LogP) is 2.46. The minimum Gasteiger partial charge on any atom is -0.392 e. The van der Waals surface area contributed by atoms with Crippen LogP contribution in [-0.4, -0.2) is 84.4 Å². The van der Waals surface area contributed by atoms with Crippen molar-refractivity contribution < 1.29 is 9.90 Å². The summed E-state index contributed by atoms with van der Waals surface area (Å²) in [5, 5.41) is 13.9. The molecule has 1 amide bonds. The second-order valence-electron chi connectivity index (χ2n) is 8.92. The lowest BCUT2D eigenvalue weighted by atomic mass is 9.96. The SMILES string of the molecule is CC(C)NC[C@@H](C(=O)N1CCN([C@@H]2N=CN=C3CCC(CO)=C32)CC1)c1ccc(Cl)cc1. The molecule has 4 rings (SSSR count). The quantitative estimate of drug-likeness (QED) is 0.659. The summed E-state index contributed by atoms with van der Waals surface area (Å²) in [7, 11) is 0. The lowest BCUT2D eigenvalue weighted by Gasteiger charge is -2.40. The van der Waals surface area contributed by atoms with Gasteiger partial charge in [-0.2, -0.15) is 0 Å². The highest BCUT2D eigenvalue weighted by Crippen LogP contribution is 2.32. The number of carbonyl (C=O) groups is 1. The van der Waals surface area contributed by atoms with Crippen LogP contribution in [0.5, 0.6) is 0 Å². The number of hydrogen-bond acceptors (Lipinski definition) is 6. The molecular weight excluding hydrogens is 426 g/mol. The van der Waals surface area contributed by atoms with E-state index in [1.807, 2.05) is 29.2 Å². The molecular formula is C24H32ClN5O2. The Morgan fingerprint density at radius 2 is 1.91 bits per heavy atom. The van der Waals surface area contributed by atoms with Crippen molar-refractivity contribution in [2.45, 2.75) is 44.8 Å². The molecule has 32 heavy (non-hydrogen) atoms. The summed E-state index contributed by atoms with van der Waals surface area (Å²) in [6, 6.07) is 7.89. The molecule has 0 radical (unpaired) electrons. The predicted molar refractivity (Wildman–Crippen MR) is 129 cm³/mol. The average molecular weight is 458 g/mol. The maximum Gasteiger partial charge on any atom is 0.231 e. The standard InChI is InChI=1S/C24H32ClN5O2/c1-16(2)26-13-20(17-3-6-19(25)7-4-17)24(32)30-11-9-29(10-12-30)23-22-18(14-31)5-8-21(22)27-15-28-23/h3-4,6-7,15-16,20,23,26,31H,5,8-14H2,1-2H3/t20-,23+/m1/s1. The average Bonchev–Trinajstić information content (AvgIpc) is 3.23. The van der Waals surface area contributed by atoms with Gasteiger partial charge in [-0.15, -0.1) is 0 Å². The van der Waals surface area contributed by atoms with E-state index in [9.17, 15) is 9.90 Å². The van der Waals surface area contributed by atoms with Crippen molar-refractivity contribution in [2.75, 3.05) is 39.3 Å². The molecule has 7 nitrogen and oxygen atoms in total. The zero-order chi connectivity index (χ0) is 22.7. The third-order valence-corrected chi connectivity index (χ3v) is 6.75.